The van der Waals surface area contributed by atoms with Crippen molar-refractivity contribution in [3.8, 4) is 0 Å². The van der Waals surface area contributed by atoms with Gasteiger partial charge in [-0.15, -0.1) is 11.8 Å². The summed E-state index contributed by atoms with van der Waals surface area (Å²) >= 11 is 7.33. The van der Waals surface area contributed by atoms with E-state index in [0.717, 1.165) is 5.75 Å². The Bertz CT molecular complexity index is 834. The molecular formula is C21H25ClN2O2S. The van der Waals surface area contributed by atoms with E-state index in [9.17, 15) is 9.59 Å². The van der Waals surface area contributed by atoms with Crippen LogP contribution in [0, 0.1) is 34.6 Å². The Kier molecular flexibility index (Phi) is 7.33. The fourth-order valence-electron chi connectivity index (χ4n) is 2.88. The maximum absolute atomic E-state index is 12.0. The van der Waals surface area contributed by atoms with E-state index in [4.69, 9.17) is 11.6 Å². The highest BCUT2D eigenvalue weighted by atomic mass is 35.5. The van der Waals surface area contributed by atoms with Crippen molar-refractivity contribution < 1.29 is 9.59 Å². The highest BCUT2D eigenvalue weighted by Crippen LogP contribution is 2.28. The standard InChI is InChI=1S/C21H25ClN2O2S/c1-12-13(2)15(4)19(16(5)14(12)3)10-27-11-20(25)23-24-21(26)17-6-8-18(22)9-7-17/h6-9H,10-11H2,1-5H3,(H,23,25)(H,24,26). The van der Waals surface area contributed by atoms with Gasteiger partial charge in [0.25, 0.3) is 5.91 Å². The van der Waals surface area contributed by atoms with E-state index in [1.165, 1.54) is 45.1 Å². The minimum Gasteiger partial charge on any atom is -0.272 e. The molecule has 2 amide bonds. The summed E-state index contributed by atoms with van der Waals surface area (Å²) in [5.74, 6) is 0.420. The number of amides is 2. The van der Waals surface area contributed by atoms with Crippen LogP contribution in [0.3, 0.4) is 0 Å². The number of hydrazine groups is 1. The number of benzene rings is 2. The molecule has 6 heteroatoms. The zero-order valence-corrected chi connectivity index (χ0v) is 17.9. The average molecular weight is 405 g/mol. The molecule has 2 aromatic rings. The van der Waals surface area contributed by atoms with E-state index in [1.54, 1.807) is 24.3 Å². The normalized spacial score (nSPS) is 10.6. The van der Waals surface area contributed by atoms with Crippen LogP contribution in [0.25, 0.3) is 0 Å². The molecule has 2 N–H and O–H groups in total. The van der Waals surface area contributed by atoms with Crippen molar-refractivity contribution in [1.82, 2.24) is 10.9 Å². The lowest BCUT2D eigenvalue weighted by Crippen LogP contribution is -2.42. The Morgan fingerprint density at radius 2 is 1.37 bits per heavy atom. The molecule has 0 spiro atoms. The number of carbonyl (C=O) groups is 2. The molecule has 0 fully saturated rings. The maximum atomic E-state index is 12.0. The Hall–Kier alpha value is -1.98. The van der Waals surface area contributed by atoms with Crippen LogP contribution in [-0.2, 0) is 10.5 Å². The van der Waals surface area contributed by atoms with E-state index in [2.05, 4.69) is 45.5 Å². The van der Waals surface area contributed by atoms with E-state index in [0.29, 0.717) is 10.6 Å². The van der Waals surface area contributed by atoms with Crippen molar-refractivity contribution >= 4 is 35.2 Å². The van der Waals surface area contributed by atoms with Crippen LogP contribution in [0.2, 0.25) is 5.02 Å². The van der Waals surface area contributed by atoms with Gasteiger partial charge in [-0.25, -0.2) is 0 Å². The van der Waals surface area contributed by atoms with Gasteiger partial charge < -0.3 is 0 Å². The first kappa shape index (κ1) is 21.3. The first-order valence-corrected chi connectivity index (χ1v) is 10.2. The molecular weight excluding hydrogens is 380 g/mol. The number of nitrogens with one attached hydrogen (secondary N) is 2. The lowest BCUT2D eigenvalue weighted by Gasteiger charge is -2.18. The lowest BCUT2D eigenvalue weighted by molar-refractivity contribution is -0.119. The quantitative estimate of drug-likeness (QED) is 0.717. The lowest BCUT2D eigenvalue weighted by atomic mass is 9.90. The molecule has 0 saturated heterocycles. The number of rotatable bonds is 5. The van der Waals surface area contributed by atoms with Gasteiger partial charge in [-0.3, -0.25) is 20.4 Å². The zero-order chi connectivity index (χ0) is 20.1. The summed E-state index contributed by atoms with van der Waals surface area (Å²) in [6, 6.07) is 6.47. The predicted molar refractivity (Wildman–Crippen MR) is 113 cm³/mol. The third-order valence-corrected chi connectivity index (χ3v) is 6.27. The summed E-state index contributed by atoms with van der Waals surface area (Å²) in [4.78, 5) is 24.0. The van der Waals surface area contributed by atoms with Crippen LogP contribution in [0.5, 0.6) is 0 Å². The molecule has 2 rings (SSSR count). The maximum Gasteiger partial charge on any atom is 0.269 e. The van der Waals surface area contributed by atoms with Crippen LogP contribution >= 0.6 is 23.4 Å². The summed E-state index contributed by atoms with van der Waals surface area (Å²) in [6.45, 7) is 10.7. The monoisotopic (exact) mass is 404 g/mol. The molecule has 144 valence electrons. The SMILES string of the molecule is Cc1c(C)c(C)c(CSCC(=O)NNC(=O)c2ccc(Cl)cc2)c(C)c1C. The van der Waals surface area contributed by atoms with E-state index in [-0.39, 0.29) is 17.6 Å². The number of thioether (sulfide) groups is 1. The van der Waals surface area contributed by atoms with Crippen molar-refractivity contribution in [3.05, 3.63) is 68.2 Å². The highest BCUT2D eigenvalue weighted by Gasteiger charge is 2.13. The largest absolute Gasteiger partial charge is 0.272 e. The fourth-order valence-corrected chi connectivity index (χ4v) is 4.00. The van der Waals surface area contributed by atoms with Crippen molar-refractivity contribution in [1.29, 1.82) is 0 Å². The average Bonchev–Trinajstić information content (AvgIpc) is 2.66. The van der Waals surface area contributed by atoms with Gasteiger partial charge >= 0.3 is 0 Å². The van der Waals surface area contributed by atoms with Gasteiger partial charge in [-0.05, 0) is 92.3 Å². The van der Waals surface area contributed by atoms with Crippen LogP contribution in [0.15, 0.2) is 24.3 Å². The van der Waals surface area contributed by atoms with Crippen molar-refractivity contribution in [2.45, 2.75) is 40.4 Å². The van der Waals surface area contributed by atoms with Crippen LogP contribution < -0.4 is 10.9 Å². The molecule has 0 aliphatic heterocycles. The molecule has 27 heavy (non-hydrogen) atoms. The van der Waals surface area contributed by atoms with Gasteiger partial charge in [0.15, 0.2) is 0 Å². The second-order valence-electron chi connectivity index (χ2n) is 6.61. The van der Waals surface area contributed by atoms with Crippen molar-refractivity contribution in [3.63, 3.8) is 0 Å². The molecule has 2 aromatic carbocycles. The van der Waals surface area contributed by atoms with Crippen LogP contribution in [0.4, 0.5) is 0 Å². The number of carbonyl (C=O) groups excluding carboxylic acids is 2. The summed E-state index contributed by atoms with van der Waals surface area (Å²) in [5, 5.41) is 0.555. The number of hydrogen-bond acceptors (Lipinski definition) is 3. The topological polar surface area (TPSA) is 58.2 Å². The summed E-state index contributed by atoms with van der Waals surface area (Å²) < 4.78 is 0. The molecule has 0 heterocycles. The van der Waals surface area contributed by atoms with Crippen LogP contribution in [0.1, 0.15) is 43.7 Å². The third kappa shape index (κ3) is 5.27. The Labute approximate surface area is 170 Å². The molecule has 0 aromatic heterocycles. The van der Waals surface area contributed by atoms with Crippen molar-refractivity contribution in [2.24, 2.45) is 0 Å². The van der Waals surface area contributed by atoms with E-state index < -0.39 is 0 Å². The molecule has 0 radical (unpaired) electrons. The second kappa shape index (κ2) is 9.29. The van der Waals surface area contributed by atoms with Gasteiger partial charge in [-0.1, -0.05) is 11.6 Å². The minimum atomic E-state index is -0.374. The Balaban J connectivity index is 1.86. The highest BCUT2D eigenvalue weighted by molar-refractivity contribution is 7.99. The van der Waals surface area contributed by atoms with Gasteiger partial charge in [0.2, 0.25) is 5.91 Å². The third-order valence-electron chi connectivity index (χ3n) is 5.06. The van der Waals surface area contributed by atoms with Gasteiger partial charge in [0.05, 0.1) is 5.75 Å². The molecule has 4 nitrogen and oxygen atoms in total. The molecule has 0 aliphatic rings. The molecule has 0 aliphatic carbocycles. The molecule has 0 unspecified atom stereocenters. The molecule has 0 atom stereocenters. The number of halogens is 1. The summed E-state index contributed by atoms with van der Waals surface area (Å²) in [5.41, 5.74) is 13.1. The predicted octanol–water partition coefficient (Wildman–Crippen LogP) is 4.58. The first-order chi connectivity index (χ1) is 12.7. The van der Waals surface area contributed by atoms with E-state index >= 15 is 0 Å². The summed E-state index contributed by atoms with van der Waals surface area (Å²) in [6.07, 6.45) is 0. The second-order valence-corrected chi connectivity index (χ2v) is 8.03. The first-order valence-electron chi connectivity index (χ1n) is 8.70. The Morgan fingerprint density at radius 1 is 0.852 bits per heavy atom. The van der Waals surface area contributed by atoms with Gasteiger partial charge in [-0.2, -0.15) is 0 Å². The molecule has 0 bridgehead atoms. The smallest absolute Gasteiger partial charge is 0.269 e. The zero-order valence-electron chi connectivity index (χ0n) is 16.3. The Morgan fingerprint density at radius 3 is 1.93 bits per heavy atom. The number of hydrogen-bond donors (Lipinski definition) is 2. The molecule has 0 saturated carbocycles. The van der Waals surface area contributed by atoms with Crippen LogP contribution in [-0.4, -0.2) is 17.6 Å². The van der Waals surface area contributed by atoms with Gasteiger partial charge in [0, 0.05) is 16.3 Å². The van der Waals surface area contributed by atoms with Crippen molar-refractivity contribution in [2.75, 3.05) is 5.75 Å². The van der Waals surface area contributed by atoms with Gasteiger partial charge in [0.1, 0.15) is 0 Å². The fraction of sp³-hybridized carbons (Fsp3) is 0.333. The summed E-state index contributed by atoms with van der Waals surface area (Å²) in [7, 11) is 0. The minimum absolute atomic E-state index is 0.238. The van der Waals surface area contributed by atoms with E-state index in [1.807, 2.05) is 0 Å².